The molecule has 1 aromatic heterocycles. The Bertz CT molecular complexity index is 815. The van der Waals surface area contributed by atoms with Crippen LogP contribution in [0.25, 0.3) is 16.6 Å². The Morgan fingerprint density at radius 1 is 0.955 bits per heavy atom. The molecule has 0 amide bonds. The fourth-order valence-corrected chi connectivity index (χ4v) is 2.79. The zero-order valence-corrected chi connectivity index (χ0v) is 13.1. The molecule has 0 atom stereocenters. The van der Waals surface area contributed by atoms with E-state index >= 15 is 0 Å². The van der Waals surface area contributed by atoms with Crippen LogP contribution in [0.4, 0.5) is 0 Å². The summed E-state index contributed by atoms with van der Waals surface area (Å²) in [6, 6.07) is 17.9. The van der Waals surface area contributed by atoms with E-state index in [1.807, 2.05) is 64.0 Å². The van der Waals surface area contributed by atoms with Gasteiger partial charge in [0, 0.05) is 6.54 Å². The Labute approximate surface area is 130 Å². The minimum Gasteiger partial charge on any atom is -0.309 e. The molecule has 0 unspecified atom stereocenters. The third-order valence-corrected chi connectivity index (χ3v) is 3.81. The monoisotopic (exact) mass is 295 g/mol. The van der Waals surface area contributed by atoms with E-state index in [1.54, 1.807) is 0 Å². The molecule has 0 aliphatic heterocycles. The fraction of sp³-hybridized carbons (Fsp3) is 0.278. The van der Waals surface area contributed by atoms with Crippen molar-refractivity contribution >= 4 is 10.9 Å². The van der Waals surface area contributed by atoms with E-state index in [-0.39, 0.29) is 5.56 Å². The maximum atomic E-state index is 12.7. The molecule has 22 heavy (non-hydrogen) atoms. The molecule has 0 N–H and O–H groups in total. The predicted octanol–water partition coefficient (Wildman–Crippen LogP) is 2.74. The maximum absolute atomic E-state index is 12.7. The highest BCUT2D eigenvalue weighted by molar-refractivity contribution is 5.80. The van der Waals surface area contributed by atoms with Crippen molar-refractivity contribution in [3.8, 4) is 5.69 Å². The zero-order chi connectivity index (χ0) is 15.5. The van der Waals surface area contributed by atoms with Crippen molar-refractivity contribution in [3.05, 3.63) is 65.0 Å². The minimum atomic E-state index is 0.0817. The molecule has 0 radical (unpaired) electrons. The van der Waals surface area contributed by atoms with Crippen molar-refractivity contribution in [1.82, 2.24) is 14.3 Å². The lowest BCUT2D eigenvalue weighted by Crippen LogP contribution is -2.24. The lowest BCUT2D eigenvalue weighted by Gasteiger charge is -2.14. The van der Waals surface area contributed by atoms with Gasteiger partial charge in [0.1, 0.15) is 0 Å². The fourth-order valence-electron chi connectivity index (χ4n) is 2.79. The highest BCUT2D eigenvalue weighted by Crippen LogP contribution is 2.17. The van der Waals surface area contributed by atoms with Crippen LogP contribution < -0.4 is 5.56 Å². The number of rotatable bonds is 5. The van der Waals surface area contributed by atoms with Crippen LogP contribution >= 0.6 is 0 Å². The SMILES string of the molecule is CN(C)CCCn1c(=O)c2ccccc2n1-c1ccccc1. The van der Waals surface area contributed by atoms with Crippen LogP contribution in [0.2, 0.25) is 0 Å². The molecule has 2 aromatic carbocycles. The van der Waals surface area contributed by atoms with Crippen LogP contribution in [0.1, 0.15) is 6.42 Å². The first-order valence-electron chi connectivity index (χ1n) is 7.59. The minimum absolute atomic E-state index is 0.0817. The van der Waals surface area contributed by atoms with Crippen LogP contribution in [-0.4, -0.2) is 34.9 Å². The van der Waals surface area contributed by atoms with Gasteiger partial charge in [-0.15, -0.1) is 0 Å². The molecular weight excluding hydrogens is 274 g/mol. The summed E-state index contributed by atoms with van der Waals surface area (Å²) in [6.45, 7) is 1.67. The molecule has 4 heteroatoms. The van der Waals surface area contributed by atoms with E-state index in [0.29, 0.717) is 6.54 Å². The second kappa shape index (κ2) is 6.20. The van der Waals surface area contributed by atoms with E-state index in [0.717, 1.165) is 29.6 Å². The third-order valence-electron chi connectivity index (χ3n) is 3.81. The van der Waals surface area contributed by atoms with Crippen LogP contribution in [0, 0.1) is 0 Å². The first kappa shape index (κ1) is 14.6. The van der Waals surface area contributed by atoms with Gasteiger partial charge in [-0.3, -0.25) is 9.48 Å². The van der Waals surface area contributed by atoms with Crippen molar-refractivity contribution in [2.24, 2.45) is 0 Å². The van der Waals surface area contributed by atoms with Gasteiger partial charge in [-0.1, -0.05) is 30.3 Å². The van der Waals surface area contributed by atoms with Gasteiger partial charge >= 0.3 is 0 Å². The number of fused-ring (bicyclic) bond motifs is 1. The highest BCUT2D eigenvalue weighted by Gasteiger charge is 2.13. The van der Waals surface area contributed by atoms with Gasteiger partial charge < -0.3 is 4.90 Å². The topological polar surface area (TPSA) is 30.2 Å². The van der Waals surface area contributed by atoms with Gasteiger partial charge in [-0.2, -0.15) is 0 Å². The molecule has 0 bridgehead atoms. The highest BCUT2D eigenvalue weighted by atomic mass is 16.1. The molecule has 3 rings (SSSR count). The summed E-state index contributed by atoms with van der Waals surface area (Å²) in [5, 5.41) is 0.774. The van der Waals surface area contributed by atoms with E-state index in [1.165, 1.54) is 0 Å². The molecule has 4 nitrogen and oxygen atoms in total. The molecule has 0 spiro atoms. The van der Waals surface area contributed by atoms with Gasteiger partial charge in [0.05, 0.1) is 16.6 Å². The maximum Gasteiger partial charge on any atom is 0.274 e. The number of aromatic nitrogens is 2. The third kappa shape index (κ3) is 2.70. The lowest BCUT2D eigenvalue weighted by atomic mass is 10.2. The second-order valence-corrected chi connectivity index (χ2v) is 5.75. The van der Waals surface area contributed by atoms with Crippen molar-refractivity contribution < 1.29 is 0 Å². The molecule has 0 saturated carbocycles. The van der Waals surface area contributed by atoms with Gasteiger partial charge in [0.2, 0.25) is 0 Å². The average Bonchev–Trinajstić information content (AvgIpc) is 2.81. The largest absolute Gasteiger partial charge is 0.309 e. The van der Waals surface area contributed by atoms with E-state index < -0.39 is 0 Å². The standard InChI is InChI=1S/C18H21N3O/c1-19(2)13-8-14-20-18(22)16-11-6-7-12-17(16)21(20)15-9-4-3-5-10-15/h3-7,9-12H,8,13-14H2,1-2H3. The number of hydrogen-bond donors (Lipinski definition) is 0. The Kier molecular flexibility index (Phi) is 4.11. The number of nitrogens with zero attached hydrogens (tertiary/aromatic N) is 3. The quantitative estimate of drug-likeness (QED) is 0.724. The number of hydrogen-bond acceptors (Lipinski definition) is 2. The van der Waals surface area contributed by atoms with Crippen LogP contribution in [-0.2, 0) is 6.54 Å². The molecule has 0 aliphatic carbocycles. The first-order valence-corrected chi connectivity index (χ1v) is 7.59. The Morgan fingerprint density at radius 2 is 1.64 bits per heavy atom. The summed E-state index contributed by atoms with van der Waals surface area (Å²) >= 11 is 0. The van der Waals surface area contributed by atoms with Crippen LogP contribution in [0.5, 0.6) is 0 Å². The summed E-state index contributed by atoms with van der Waals surface area (Å²) in [4.78, 5) is 14.9. The zero-order valence-electron chi connectivity index (χ0n) is 13.1. The lowest BCUT2D eigenvalue weighted by molar-refractivity contribution is 0.374. The summed E-state index contributed by atoms with van der Waals surface area (Å²) in [6.07, 6.45) is 0.941. The number of para-hydroxylation sites is 2. The van der Waals surface area contributed by atoms with Gasteiger partial charge in [-0.25, -0.2) is 4.68 Å². The smallest absolute Gasteiger partial charge is 0.274 e. The van der Waals surface area contributed by atoms with Crippen molar-refractivity contribution in [1.29, 1.82) is 0 Å². The van der Waals surface area contributed by atoms with E-state index in [2.05, 4.69) is 19.0 Å². The predicted molar refractivity (Wildman–Crippen MR) is 90.7 cm³/mol. The summed E-state index contributed by atoms with van der Waals surface area (Å²) in [5.41, 5.74) is 2.06. The van der Waals surface area contributed by atoms with E-state index in [9.17, 15) is 4.79 Å². The van der Waals surface area contributed by atoms with Crippen LogP contribution in [0.15, 0.2) is 59.4 Å². The molecule has 0 aliphatic rings. The summed E-state index contributed by atoms with van der Waals surface area (Å²) in [5.74, 6) is 0. The molecule has 114 valence electrons. The normalized spacial score (nSPS) is 11.4. The van der Waals surface area contributed by atoms with Crippen molar-refractivity contribution in [2.45, 2.75) is 13.0 Å². The molecular formula is C18H21N3O. The Morgan fingerprint density at radius 3 is 2.36 bits per heavy atom. The van der Waals surface area contributed by atoms with Gasteiger partial charge in [-0.05, 0) is 51.3 Å². The number of benzene rings is 2. The first-order chi connectivity index (χ1) is 10.7. The summed E-state index contributed by atoms with van der Waals surface area (Å²) in [7, 11) is 4.10. The Hall–Kier alpha value is -2.33. The van der Waals surface area contributed by atoms with Crippen molar-refractivity contribution in [2.75, 3.05) is 20.6 Å². The molecule has 0 saturated heterocycles. The van der Waals surface area contributed by atoms with Gasteiger partial charge in [0.25, 0.3) is 5.56 Å². The van der Waals surface area contributed by atoms with Crippen molar-refractivity contribution in [3.63, 3.8) is 0 Å². The average molecular weight is 295 g/mol. The van der Waals surface area contributed by atoms with Crippen LogP contribution in [0.3, 0.4) is 0 Å². The molecule has 1 heterocycles. The Balaban J connectivity index is 2.13. The summed E-state index contributed by atoms with van der Waals surface area (Å²) < 4.78 is 3.89. The van der Waals surface area contributed by atoms with E-state index in [4.69, 9.17) is 0 Å². The van der Waals surface area contributed by atoms with Gasteiger partial charge in [0.15, 0.2) is 0 Å². The second-order valence-electron chi connectivity index (χ2n) is 5.75. The molecule has 3 aromatic rings. The molecule has 0 fully saturated rings.